The Balaban J connectivity index is 1.69. The molecule has 0 amide bonds. The van der Waals surface area contributed by atoms with Crippen LogP contribution in [0.25, 0.3) is 22.6 Å². The quantitative estimate of drug-likeness (QED) is 0.418. The number of rotatable bonds is 7. The molecule has 0 spiro atoms. The van der Waals surface area contributed by atoms with Crippen LogP contribution in [0.1, 0.15) is 24.6 Å². The van der Waals surface area contributed by atoms with Crippen LogP contribution in [0.3, 0.4) is 0 Å². The van der Waals surface area contributed by atoms with Crippen molar-refractivity contribution in [1.82, 2.24) is 24.5 Å². The molecule has 0 fully saturated rings. The van der Waals surface area contributed by atoms with E-state index in [2.05, 4.69) is 15.3 Å². The highest BCUT2D eigenvalue weighted by molar-refractivity contribution is 7.90. The second-order valence-corrected chi connectivity index (χ2v) is 9.67. The van der Waals surface area contributed by atoms with Crippen molar-refractivity contribution >= 4 is 9.84 Å². The molecular weight excluding hydrogens is 436 g/mol. The Hall–Kier alpha value is -3.40. The fourth-order valence-corrected chi connectivity index (χ4v) is 4.88. The molecule has 0 aliphatic carbocycles. The van der Waals surface area contributed by atoms with E-state index in [0.29, 0.717) is 17.7 Å². The Kier molecular flexibility index (Phi) is 5.88. The maximum atomic E-state index is 15.1. The molecule has 0 atom stereocenters. The fourth-order valence-electron chi connectivity index (χ4n) is 3.42. The predicted molar refractivity (Wildman–Crippen MR) is 116 cm³/mol. The Morgan fingerprint density at radius 1 is 1.09 bits per heavy atom. The molecule has 0 radical (unpaired) electrons. The summed E-state index contributed by atoms with van der Waals surface area (Å²) in [6.07, 6.45) is 5.39. The SMILES string of the molecule is CCCS(=O)(=O)Cc1ccc(F)c(-n2cc(-c3cccc(-n4cnc(C)c4)c3)nn2)c1F. The van der Waals surface area contributed by atoms with Gasteiger partial charge < -0.3 is 4.57 Å². The monoisotopic (exact) mass is 457 g/mol. The zero-order valence-corrected chi connectivity index (χ0v) is 18.4. The standard InChI is InChI=1S/C22H21F2N5O2S/c1-3-9-32(30,31)13-17-7-8-19(23)22(21(17)24)29-12-20(26-27-29)16-5-4-6-18(10-16)28-11-15(2)25-14-28/h4-8,10-12,14H,3,9,13H2,1-2H3. The van der Waals surface area contributed by atoms with E-state index in [9.17, 15) is 12.8 Å². The normalized spacial score (nSPS) is 11.8. The van der Waals surface area contributed by atoms with Crippen molar-refractivity contribution in [2.24, 2.45) is 0 Å². The van der Waals surface area contributed by atoms with Crippen LogP contribution in [0.4, 0.5) is 8.78 Å². The molecule has 32 heavy (non-hydrogen) atoms. The first-order chi connectivity index (χ1) is 15.3. The highest BCUT2D eigenvalue weighted by Crippen LogP contribution is 2.25. The van der Waals surface area contributed by atoms with Gasteiger partial charge in [-0.25, -0.2) is 26.9 Å². The molecule has 0 saturated heterocycles. The van der Waals surface area contributed by atoms with Gasteiger partial charge in [0.2, 0.25) is 0 Å². The second-order valence-electron chi connectivity index (χ2n) is 7.48. The number of sulfone groups is 1. The summed E-state index contributed by atoms with van der Waals surface area (Å²) >= 11 is 0. The highest BCUT2D eigenvalue weighted by Gasteiger charge is 2.21. The Labute approximate surface area is 184 Å². The van der Waals surface area contributed by atoms with Crippen LogP contribution < -0.4 is 0 Å². The summed E-state index contributed by atoms with van der Waals surface area (Å²) in [5, 5.41) is 7.94. The minimum atomic E-state index is -3.50. The van der Waals surface area contributed by atoms with Gasteiger partial charge in [0.15, 0.2) is 21.5 Å². The fraction of sp³-hybridized carbons (Fsp3) is 0.227. The molecule has 4 aromatic rings. The minimum Gasteiger partial charge on any atom is -0.306 e. The molecule has 7 nitrogen and oxygen atoms in total. The Morgan fingerprint density at radius 2 is 1.91 bits per heavy atom. The van der Waals surface area contributed by atoms with Gasteiger partial charge in [0.05, 0.1) is 29.7 Å². The van der Waals surface area contributed by atoms with Gasteiger partial charge in [-0.05, 0) is 31.5 Å². The molecule has 10 heteroatoms. The summed E-state index contributed by atoms with van der Waals surface area (Å²) in [4.78, 5) is 4.21. The van der Waals surface area contributed by atoms with Crippen molar-refractivity contribution in [2.45, 2.75) is 26.0 Å². The van der Waals surface area contributed by atoms with E-state index < -0.39 is 32.9 Å². The number of nitrogens with zero attached hydrogens (tertiary/aromatic N) is 5. The zero-order valence-electron chi connectivity index (χ0n) is 17.5. The zero-order chi connectivity index (χ0) is 22.9. The topological polar surface area (TPSA) is 82.7 Å². The third-order valence-electron chi connectivity index (χ3n) is 4.91. The van der Waals surface area contributed by atoms with Gasteiger partial charge in [-0.15, -0.1) is 5.10 Å². The van der Waals surface area contributed by atoms with E-state index >= 15 is 4.39 Å². The van der Waals surface area contributed by atoms with Gasteiger partial charge in [-0.1, -0.05) is 30.3 Å². The third-order valence-corrected chi connectivity index (χ3v) is 6.69. The molecule has 0 aliphatic heterocycles. The third kappa shape index (κ3) is 4.45. The summed E-state index contributed by atoms with van der Waals surface area (Å²) in [7, 11) is -3.50. The maximum absolute atomic E-state index is 15.1. The summed E-state index contributed by atoms with van der Waals surface area (Å²) in [5.74, 6) is -2.41. The average molecular weight is 458 g/mol. The van der Waals surface area contributed by atoms with Crippen LogP contribution in [0.15, 0.2) is 55.1 Å². The number of imidazole rings is 1. The molecule has 2 aromatic heterocycles. The smallest absolute Gasteiger partial charge is 0.156 e. The summed E-state index contributed by atoms with van der Waals surface area (Å²) in [5.41, 5.74) is 2.25. The molecule has 166 valence electrons. The summed E-state index contributed by atoms with van der Waals surface area (Å²) in [6.45, 7) is 3.61. The van der Waals surface area contributed by atoms with Crippen LogP contribution in [0, 0.1) is 18.6 Å². The van der Waals surface area contributed by atoms with Crippen molar-refractivity contribution in [3.63, 3.8) is 0 Å². The van der Waals surface area contributed by atoms with Crippen molar-refractivity contribution in [3.8, 4) is 22.6 Å². The number of hydrogen-bond acceptors (Lipinski definition) is 5. The Bertz CT molecular complexity index is 1380. The lowest BCUT2D eigenvalue weighted by Gasteiger charge is -2.09. The minimum absolute atomic E-state index is 0.0700. The molecule has 0 saturated carbocycles. The van der Waals surface area contributed by atoms with Gasteiger partial charge in [0.1, 0.15) is 11.4 Å². The van der Waals surface area contributed by atoms with E-state index in [4.69, 9.17) is 0 Å². The molecule has 0 bridgehead atoms. The van der Waals surface area contributed by atoms with Crippen LogP contribution >= 0.6 is 0 Å². The summed E-state index contributed by atoms with van der Waals surface area (Å²) < 4.78 is 56.7. The number of halogens is 2. The van der Waals surface area contributed by atoms with Gasteiger partial charge in [0, 0.05) is 23.0 Å². The molecule has 0 unspecified atom stereocenters. The lowest BCUT2D eigenvalue weighted by atomic mass is 10.1. The number of hydrogen-bond donors (Lipinski definition) is 0. The van der Waals surface area contributed by atoms with Crippen molar-refractivity contribution in [3.05, 3.63) is 78.0 Å². The molecular formula is C22H21F2N5O2S. The number of aryl methyl sites for hydroxylation is 1. The lowest BCUT2D eigenvalue weighted by molar-refractivity contribution is 0.547. The van der Waals surface area contributed by atoms with Crippen LogP contribution in [0.2, 0.25) is 0 Å². The lowest BCUT2D eigenvalue weighted by Crippen LogP contribution is -2.12. The Morgan fingerprint density at radius 3 is 2.62 bits per heavy atom. The largest absolute Gasteiger partial charge is 0.306 e. The van der Waals surface area contributed by atoms with E-state index in [-0.39, 0.29) is 11.3 Å². The number of benzene rings is 2. The second kappa shape index (κ2) is 8.62. The molecule has 4 rings (SSSR count). The number of aromatic nitrogens is 5. The van der Waals surface area contributed by atoms with E-state index in [1.54, 1.807) is 13.3 Å². The highest BCUT2D eigenvalue weighted by atomic mass is 32.2. The first kappa shape index (κ1) is 21.8. The van der Waals surface area contributed by atoms with Crippen LogP contribution in [-0.2, 0) is 15.6 Å². The maximum Gasteiger partial charge on any atom is 0.156 e. The van der Waals surface area contributed by atoms with Gasteiger partial charge >= 0.3 is 0 Å². The van der Waals surface area contributed by atoms with E-state index in [1.807, 2.05) is 42.0 Å². The van der Waals surface area contributed by atoms with Crippen LogP contribution in [0.5, 0.6) is 0 Å². The van der Waals surface area contributed by atoms with Crippen LogP contribution in [-0.4, -0.2) is 38.7 Å². The summed E-state index contributed by atoms with van der Waals surface area (Å²) in [6, 6.07) is 9.58. The predicted octanol–water partition coefficient (Wildman–Crippen LogP) is 4.03. The first-order valence-electron chi connectivity index (χ1n) is 9.99. The van der Waals surface area contributed by atoms with Gasteiger partial charge in [-0.3, -0.25) is 0 Å². The molecule has 0 N–H and O–H groups in total. The van der Waals surface area contributed by atoms with Crippen molar-refractivity contribution in [1.29, 1.82) is 0 Å². The first-order valence-corrected chi connectivity index (χ1v) is 11.8. The van der Waals surface area contributed by atoms with Gasteiger partial charge in [0.25, 0.3) is 0 Å². The van der Waals surface area contributed by atoms with Gasteiger partial charge in [-0.2, -0.15) is 0 Å². The van der Waals surface area contributed by atoms with E-state index in [0.717, 1.165) is 28.2 Å². The molecule has 0 aliphatic rings. The average Bonchev–Trinajstić information content (AvgIpc) is 3.40. The van der Waals surface area contributed by atoms with Crippen molar-refractivity contribution < 1.29 is 17.2 Å². The van der Waals surface area contributed by atoms with E-state index in [1.165, 1.54) is 6.20 Å². The molecule has 2 heterocycles. The molecule has 2 aromatic carbocycles. The van der Waals surface area contributed by atoms with Crippen molar-refractivity contribution in [2.75, 3.05) is 5.75 Å².